The highest BCUT2D eigenvalue weighted by Crippen LogP contribution is 2.22. The Morgan fingerprint density at radius 1 is 0.957 bits per heavy atom. The van der Waals surface area contributed by atoms with Crippen molar-refractivity contribution in [2.75, 3.05) is 6.61 Å². The molecule has 0 radical (unpaired) electrons. The van der Waals surface area contributed by atoms with Crippen molar-refractivity contribution in [3.8, 4) is 0 Å². The molecule has 3 atom stereocenters. The maximum absolute atomic E-state index is 9.97. The molecule has 0 amide bonds. The van der Waals surface area contributed by atoms with Crippen LogP contribution in [0, 0.1) is 0 Å². The van der Waals surface area contributed by atoms with Crippen molar-refractivity contribution >= 4 is 0 Å². The average Bonchev–Trinajstić information content (AvgIpc) is 2.89. The van der Waals surface area contributed by atoms with E-state index in [2.05, 4.69) is 16.9 Å². The van der Waals surface area contributed by atoms with Gasteiger partial charge < -0.3 is 9.84 Å². The Labute approximate surface area is 141 Å². The molecule has 0 spiro atoms. The molecule has 0 aromatic rings. The van der Waals surface area contributed by atoms with Crippen molar-refractivity contribution in [1.29, 1.82) is 0 Å². The second kappa shape index (κ2) is 13.6. The van der Waals surface area contributed by atoms with E-state index in [0.717, 1.165) is 12.8 Å². The second-order valence-electron chi connectivity index (χ2n) is 6.81. The zero-order chi connectivity index (χ0) is 16.8. The van der Waals surface area contributed by atoms with E-state index in [0.29, 0.717) is 6.61 Å². The zero-order valence-corrected chi connectivity index (χ0v) is 14.8. The Kier molecular flexibility index (Phi) is 12.0. The van der Waals surface area contributed by atoms with E-state index < -0.39 is 12.1 Å². The van der Waals surface area contributed by atoms with Crippen molar-refractivity contribution in [2.24, 2.45) is 5.11 Å². The highest BCUT2D eigenvalue weighted by molar-refractivity contribution is 4.88. The van der Waals surface area contributed by atoms with Crippen LogP contribution in [0.5, 0.6) is 0 Å². The SMILES string of the molecule is CCCCCCCCCCCCCC[C@H]1OC[C@H](N=[N+]=[N-])[C@@H]1O. The molecule has 23 heavy (non-hydrogen) atoms. The van der Waals surface area contributed by atoms with Crippen LogP contribution in [0.2, 0.25) is 0 Å². The molecule has 1 N–H and O–H groups in total. The molecule has 0 saturated carbocycles. The van der Waals surface area contributed by atoms with Gasteiger partial charge in [0, 0.05) is 4.91 Å². The molecule has 134 valence electrons. The standard InChI is InChI=1S/C18H35N3O2/c1-2-3-4-5-6-7-8-9-10-11-12-13-14-17-18(22)16(15-23-17)20-21-19/h16-18,22H,2-15H2,1H3/t16-,17+,18-/m0/s1. The molecule has 0 unspecified atom stereocenters. The van der Waals surface area contributed by atoms with E-state index in [1.165, 1.54) is 70.6 Å². The lowest BCUT2D eigenvalue weighted by Crippen LogP contribution is -2.28. The average molecular weight is 325 g/mol. The number of ether oxygens (including phenoxy) is 1. The Bertz CT molecular complexity index is 332. The van der Waals surface area contributed by atoms with Crippen LogP contribution in [-0.4, -0.2) is 30.0 Å². The number of hydrogen-bond acceptors (Lipinski definition) is 3. The quantitative estimate of drug-likeness (QED) is 0.198. The number of unbranched alkanes of at least 4 members (excludes halogenated alkanes) is 11. The molecule has 0 aromatic heterocycles. The predicted molar refractivity (Wildman–Crippen MR) is 94.4 cm³/mol. The first kappa shape index (κ1) is 20.3. The minimum absolute atomic E-state index is 0.145. The summed E-state index contributed by atoms with van der Waals surface area (Å²) < 4.78 is 5.52. The first-order valence-electron chi connectivity index (χ1n) is 9.63. The monoisotopic (exact) mass is 325 g/mol. The van der Waals surface area contributed by atoms with Crippen molar-refractivity contribution in [1.82, 2.24) is 0 Å². The summed E-state index contributed by atoms with van der Waals surface area (Å²) in [4.78, 5) is 2.75. The smallest absolute Gasteiger partial charge is 0.0908 e. The van der Waals surface area contributed by atoms with Gasteiger partial charge in [-0.25, -0.2) is 0 Å². The van der Waals surface area contributed by atoms with Gasteiger partial charge in [-0.2, -0.15) is 0 Å². The van der Waals surface area contributed by atoms with E-state index in [4.69, 9.17) is 10.3 Å². The predicted octanol–water partition coefficient (Wildman–Crippen LogP) is 5.52. The molecule has 5 heteroatoms. The van der Waals surface area contributed by atoms with Gasteiger partial charge in [0.2, 0.25) is 0 Å². The van der Waals surface area contributed by atoms with Crippen molar-refractivity contribution in [3.63, 3.8) is 0 Å². The Balaban J connectivity index is 1.86. The molecule has 0 bridgehead atoms. The van der Waals surface area contributed by atoms with Crippen LogP contribution in [0.1, 0.15) is 90.4 Å². The van der Waals surface area contributed by atoms with Gasteiger partial charge >= 0.3 is 0 Å². The van der Waals surface area contributed by atoms with Gasteiger partial charge in [0.05, 0.1) is 24.9 Å². The second-order valence-corrected chi connectivity index (χ2v) is 6.81. The van der Waals surface area contributed by atoms with Gasteiger partial charge in [-0.05, 0) is 12.0 Å². The highest BCUT2D eigenvalue weighted by Gasteiger charge is 2.34. The number of aliphatic hydroxyl groups is 1. The van der Waals surface area contributed by atoms with Gasteiger partial charge in [0.25, 0.3) is 0 Å². The van der Waals surface area contributed by atoms with Gasteiger partial charge in [-0.1, -0.05) is 89.1 Å². The lowest BCUT2D eigenvalue weighted by Gasteiger charge is -2.14. The minimum Gasteiger partial charge on any atom is -0.390 e. The summed E-state index contributed by atoms with van der Waals surface area (Å²) in [6.07, 6.45) is 16.1. The first-order chi connectivity index (χ1) is 11.3. The van der Waals surface area contributed by atoms with Crippen LogP contribution < -0.4 is 0 Å². The summed E-state index contributed by atoms with van der Waals surface area (Å²) in [5, 5.41) is 13.5. The van der Waals surface area contributed by atoms with Crippen LogP contribution >= 0.6 is 0 Å². The summed E-state index contributed by atoms with van der Waals surface area (Å²) in [6, 6.07) is -0.401. The van der Waals surface area contributed by atoms with Crippen molar-refractivity contribution < 1.29 is 9.84 Å². The number of azide groups is 1. The molecule has 1 saturated heterocycles. The number of aliphatic hydroxyl groups excluding tert-OH is 1. The fourth-order valence-corrected chi connectivity index (χ4v) is 3.28. The topological polar surface area (TPSA) is 78.2 Å². The molecule has 1 heterocycles. The van der Waals surface area contributed by atoms with E-state index in [9.17, 15) is 5.11 Å². The lowest BCUT2D eigenvalue weighted by atomic mass is 10.0. The molecule has 5 nitrogen and oxygen atoms in total. The largest absolute Gasteiger partial charge is 0.390 e. The summed E-state index contributed by atoms with van der Waals surface area (Å²) in [7, 11) is 0. The normalized spacial score (nSPS) is 23.8. The van der Waals surface area contributed by atoms with E-state index in [1.54, 1.807) is 0 Å². The minimum atomic E-state index is -0.626. The van der Waals surface area contributed by atoms with Crippen LogP contribution in [0.3, 0.4) is 0 Å². The summed E-state index contributed by atoms with van der Waals surface area (Å²) in [6.45, 7) is 2.62. The van der Waals surface area contributed by atoms with Gasteiger partial charge in [-0.3, -0.25) is 0 Å². The van der Waals surface area contributed by atoms with E-state index in [1.807, 2.05) is 0 Å². The number of nitrogens with zero attached hydrogens (tertiary/aromatic N) is 3. The molecule has 0 aliphatic carbocycles. The van der Waals surface area contributed by atoms with Crippen LogP contribution in [0.15, 0.2) is 5.11 Å². The third-order valence-corrected chi connectivity index (χ3v) is 4.80. The molecular weight excluding hydrogens is 290 g/mol. The fourth-order valence-electron chi connectivity index (χ4n) is 3.28. The zero-order valence-electron chi connectivity index (χ0n) is 14.8. The number of hydrogen-bond donors (Lipinski definition) is 1. The molecule has 1 rings (SSSR count). The van der Waals surface area contributed by atoms with E-state index >= 15 is 0 Å². The summed E-state index contributed by atoms with van der Waals surface area (Å²) >= 11 is 0. The van der Waals surface area contributed by atoms with Gasteiger partial charge in [0.15, 0.2) is 0 Å². The third kappa shape index (κ3) is 9.19. The third-order valence-electron chi connectivity index (χ3n) is 4.80. The molecular formula is C18H35N3O2. The Morgan fingerprint density at radius 3 is 2.00 bits per heavy atom. The van der Waals surface area contributed by atoms with Crippen LogP contribution in [0.25, 0.3) is 10.4 Å². The molecule has 1 aliphatic rings. The maximum atomic E-state index is 9.97. The summed E-state index contributed by atoms with van der Waals surface area (Å²) in [5.74, 6) is 0. The van der Waals surface area contributed by atoms with Crippen molar-refractivity contribution in [3.05, 3.63) is 10.4 Å². The highest BCUT2D eigenvalue weighted by atomic mass is 16.5. The lowest BCUT2D eigenvalue weighted by molar-refractivity contribution is 0.0342. The van der Waals surface area contributed by atoms with Crippen LogP contribution in [0.4, 0.5) is 0 Å². The summed E-state index contributed by atoms with van der Waals surface area (Å²) in [5.41, 5.74) is 8.41. The Morgan fingerprint density at radius 2 is 1.48 bits per heavy atom. The van der Waals surface area contributed by atoms with Crippen molar-refractivity contribution in [2.45, 2.75) is 109 Å². The Hall–Kier alpha value is -0.770. The maximum Gasteiger partial charge on any atom is 0.0908 e. The molecule has 1 fully saturated rings. The molecule has 0 aromatic carbocycles. The van der Waals surface area contributed by atoms with Gasteiger partial charge in [0.1, 0.15) is 0 Å². The van der Waals surface area contributed by atoms with Gasteiger partial charge in [-0.15, -0.1) is 0 Å². The fraction of sp³-hybridized carbons (Fsp3) is 1.00. The number of rotatable bonds is 14. The van der Waals surface area contributed by atoms with Crippen LogP contribution in [-0.2, 0) is 4.74 Å². The molecule has 1 aliphatic heterocycles. The first-order valence-corrected chi connectivity index (χ1v) is 9.63. The van der Waals surface area contributed by atoms with E-state index in [-0.39, 0.29) is 6.10 Å².